The van der Waals surface area contributed by atoms with Crippen molar-refractivity contribution >= 4 is 32.3 Å². The number of hydrogen-bond donors (Lipinski definition) is 0. The summed E-state index contributed by atoms with van der Waals surface area (Å²) in [7, 11) is 4.45. The molecule has 4 rings (SSSR count). The van der Waals surface area contributed by atoms with Gasteiger partial charge in [0.25, 0.3) is 0 Å². The third-order valence-electron chi connectivity index (χ3n) is 6.21. The molecule has 2 heterocycles. The summed E-state index contributed by atoms with van der Waals surface area (Å²) in [5, 5.41) is 0. The minimum atomic E-state index is 0.470. The molecular formula is C27H34AgClN3-. The molecule has 0 spiro atoms. The van der Waals surface area contributed by atoms with Crippen molar-refractivity contribution in [3.63, 3.8) is 0 Å². The van der Waals surface area contributed by atoms with Crippen LogP contribution in [-0.4, -0.2) is 13.1 Å². The molecule has 0 radical (unpaired) electrons. The van der Waals surface area contributed by atoms with Gasteiger partial charge in [-0.25, -0.2) is 0 Å². The molecule has 0 saturated heterocycles. The van der Waals surface area contributed by atoms with Gasteiger partial charge in [-0.1, -0.05) is 64.1 Å². The number of nitrogens with zero attached hydrogens (tertiary/aromatic N) is 3. The Hall–Kier alpha value is -1.65. The van der Waals surface area contributed by atoms with Crippen molar-refractivity contribution in [2.24, 2.45) is 0 Å². The minimum absolute atomic E-state index is 0.470. The maximum atomic E-state index is 4.45. The van der Waals surface area contributed by atoms with Gasteiger partial charge in [-0.2, -0.15) is 0 Å². The second-order valence-electron chi connectivity index (χ2n) is 8.76. The van der Waals surface area contributed by atoms with Crippen LogP contribution in [0.3, 0.4) is 0 Å². The first kappa shape index (κ1) is 25.0. The van der Waals surface area contributed by atoms with E-state index in [1.54, 1.807) is 0 Å². The first-order valence-corrected chi connectivity index (χ1v) is 13.3. The van der Waals surface area contributed by atoms with E-state index in [1.807, 2.05) is 0 Å². The fraction of sp³-hybridized carbons (Fsp3) is 0.370. The molecule has 0 aliphatic carbocycles. The number of benzene rings is 2. The summed E-state index contributed by atoms with van der Waals surface area (Å²) in [6.07, 6.45) is 6.77. The molecular weight excluding hydrogens is 510 g/mol. The van der Waals surface area contributed by atoms with E-state index in [1.165, 1.54) is 39.4 Å². The Bertz CT molecular complexity index is 966. The zero-order chi connectivity index (χ0) is 23.4. The Morgan fingerprint density at radius 1 is 0.875 bits per heavy atom. The van der Waals surface area contributed by atoms with Gasteiger partial charge in [0.15, 0.2) is 0 Å². The molecule has 0 N–H and O–H groups in total. The molecule has 5 heteroatoms. The van der Waals surface area contributed by atoms with E-state index in [2.05, 4.69) is 147 Å². The molecule has 2 aromatic carbocycles. The monoisotopic (exact) mass is 542 g/mol. The van der Waals surface area contributed by atoms with Crippen molar-refractivity contribution in [1.29, 1.82) is 0 Å². The van der Waals surface area contributed by atoms with E-state index in [0.29, 0.717) is 11.8 Å². The number of anilines is 3. The van der Waals surface area contributed by atoms with Crippen LogP contribution in [0.25, 0.3) is 6.08 Å². The van der Waals surface area contributed by atoms with Crippen LogP contribution in [-0.2, 0) is 20.0 Å². The first-order valence-electron chi connectivity index (χ1n) is 11.4. The number of fused-ring (bicyclic) bond motifs is 3. The predicted molar refractivity (Wildman–Crippen MR) is 137 cm³/mol. The Labute approximate surface area is 210 Å². The molecule has 32 heavy (non-hydrogen) atoms. The van der Waals surface area contributed by atoms with Crippen molar-refractivity contribution in [2.45, 2.75) is 53.4 Å². The Kier molecular flexibility index (Phi) is 8.57. The summed E-state index contributed by atoms with van der Waals surface area (Å²) >= 11 is 2.42. The molecule has 0 bridgehead atoms. The second kappa shape index (κ2) is 11.0. The summed E-state index contributed by atoms with van der Waals surface area (Å²) in [6.45, 7) is 17.9. The molecule has 0 unspecified atom stereocenters. The summed E-state index contributed by atoms with van der Waals surface area (Å²) in [5.74, 6) is 0.939. The number of halogens is 1. The number of hydrogen-bond acceptors (Lipinski definition) is 3. The van der Waals surface area contributed by atoms with Gasteiger partial charge in [0, 0.05) is 30.2 Å². The zero-order valence-electron chi connectivity index (χ0n) is 19.9. The van der Waals surface area contributed by atoms with Gasteiger partial charge in [-0.05, 0) is 60.7 Å². The Morgan fingerprint density at radius 2 is 1.47 bits per heavy atom. The molecule has 0 aromatic heterocycles. The summed E-state index contributed by atoms with van der Waals surface area (Å²) in [5.41, 5.74) is 9.20. The molecule has 0 atom stereocenters. The van der Waals surface area contributed by atoms with Crippen LogP contribution in [0.2, 0.25) is 0 Å². The van der Waals surface area contributed by atoms with E-state index in [-0.39, 0.29) is 0 Å². The summed E-state index contributed by atoms with van der Waals surface area (Å²) in [6, 6.07) is 13.4. The molecule has 3 nitrogen and oxygen atoms in total. The van der Waals surface area contributed by atoms with Crippen LogP contribution in [0.15, 0.2) is 54.4 Å². The third kappa shape index (κ3) is 4.68. The molecule has 2 aliphatic heterocycles. The Balaban J connectivity index is 0.00000141. The number of allylic oxidation sites excluding steroid dienone is 1. The van der Waals surface area contributed by atoms with Gasteiger partial charge in [-0.3, -0.25) is 0 Å². The van der Waals surface area contributed by atoms with Crippen molar-refractivity contribution < 1.29 is 20.0 Å². The SMILES string of the molecule is CCN(CC)c1cccc2c1N1[CH-]N(c3c(C(C)C)cccc3C(C)C)C=C1C=C2.[Cl][Ag]. The summed E-state index contributed by atoms with van der Waals surface area (Å²) in [4.78, 5) is 7.15. The molecule has 0 fully saturated rings. The van der Waals surface area contributed by atoms with Gasteiger partial charge in [0.1, 0.15) is 0 Å². The molecule has 0 amide bonds. The van der Waals surface area contributed by atoms with Crippen LogP contribution in [0.5, 0.6) is 0 Å². The topological polar surface area (TPSA) is 9.72 Å². The van der Waals surface area contributed by atoms with Gasteiger partial charge >= 0.3 is 29.2 Å². The maximum absolute atomic E-state index is 4.45. The summed E-state index contributed by atoms with van der Waals surface area (Å²) < 4.78 is 0. The fourth-order valence-electron chi connectivity index (χ4n) is 4.61. The van der Waals surface area contributed by atoms with E-state index >= 15 is 0 Å². The second-order valence-corrected chi connectivity index (χ2v) is 8.76. The fourth-order valence-corrected chi connectivity index (χ4v) is 4.61. The van der Waals surface area contributed by atoms with Crippen LogP contribution < -0.4 is 14.7 Å². The molecule has 176 valence electrons. The van der Waals surface area contributed by atoms with E-state index in [4.69, 9.17) is 0 Å². The average molecular weight is 544 g/mol. The van der Waals surface area contributed by atoms with Crippen LogP contribution >= 0.6 is 9.19 Å². The van der Waals surface area contributed by atoms with Gasteiger partial charge < -0.3 is 14.7 Å². The molecule has 0 saturated carbocycles. The van der Waals surface area contributed by atoms with Crippen molar-refractivity contribution in [3.05, 3.63) is 77.7 Å². The molecule has 2 aromatic rings. The quantitative estimate of drug-likeness (QED) is 0.272. The zero-order valence-corrected chi connectivity index (χ0v) is 22.1. The Morgan fingerprint density at radius 3 is 2.03 bits per heavy atom. The third-order valence-corrected chi connectivity index (χ3v) is 6.21. The first-order chi connectivity index (χ1) is 15.5. The van der Waals surface area contributed by atoms with Gasteiger partial charge in [-0.15, -0.1) is 6.67 Å². The van der Waals surface area contributed by atoms with Gasteiger partial charge in [0.2, 0.25) is 0 Å². The van der Waals surface area contributed by atoms with Crippen molar-refractivity contribution in [1.82, 2.24) is 0 Å². The normalized spacial score (nSPS) is 14.3. The molecule has 2 aliphatic rings. The number of rotatable bonds is 6. The van der Waals surface area contributed by atoms with Crippen LogP contribution in [0.4, 0.5) is 17.1 Å². The van der Waals surface area contributed by atoms with Crippen molar-refractivity contribution in [3.8, 4) is 0 Å². The van der Waals surface area contributed by atoms with Crippen molar-refractivity contribution in [2.75, 3.05) is 27.8 Å². The average Bonchev–Trinajstić information content (AvgIpc) is 3.25. The van der Waals surface area contributed by atoms with E-state index in [9.17, 15) is 0 Å². The van der Waals surface area contributed by atoms with E-state index in [0.717, 1.165) is 13.1 Å². The predicted octanol–water partition coefficient (Wildman–Crippen LogP) is 7.78. The van der Waals surface area contributed by atoms with Crippen LogP contribution in [0, 0.1) is 6.67 Å². The number of para-hydroxylation sites is 2. The van der Waals surface area contributed by atoms with Gasteiger partial charge in [0.05, 0.1) is 5.69 Å². The van der Waals surface area contributed by atoms with Crippen LogP contribution in [0.1, 0.15) is 70.1 Å². The standard InChI is InChI=1S/C27H34N3.Ag.ClH/c1-7-28(8-2)25-14-9-11-21-15-16-22-17-29(18-30(22)26(21)25)27-23(19(3)4)12-10-13-24(27)20(5)6;;/h9-20H,7-8H2,1-6H3;;1H/q-1;+1;/p-1. The van der Waals surface area contributed by atoms with E-state index < -0.39 is 0 Å².